The molecule has 0 fully saturated rings. The first kappa shape index (κ1) is 22.8. The van der Waals surface area contributed by atoms with E-state index in [2.05, 4.69) is 16.7 Å². The first-order valence-corrected chi connectivity index (χ1v) is 10.7. The number of para-hydroxylation sites is 2. The summed E-state index contributed by atoms with van der Waals surface area (Å²) in [4.78, 5) is 12.6. The van der Waals surface area contributed by atoms with Gasteiger partial charge in [0.25, 0.3) is 5.91 Å². The molecule has 0 aromatic heterocycles. The molecule has 0 bridgehead atoms. The van der Waals surface area contributed by atoms with Crippen molar-refractivity contribution in [1.29, 1.82) is 0 Å². The summed E-state index contributed by atoms with van der Waals surface area (Å²) in [6.07, 6.45) is 2.35. The molecule has 3 aromatic rings. The van der Waals surface area contributed by atoms with E-state index in [0.717, 1.165) is 16.8 Å². The number of carbonyl (C=O) groups is 1. The van der Waals surface area contributed by atoms with Crippen LogP contribution in [0.1, 0.15) is 11.1 Å². The third-order valence-corrected chi connectivity index (χ3v) is 5.45. The summed E-state index contributed by atoms with van der Waals surface area (Å²) < 4.78 is 22.0. The van der Waals surface area contributed by atoms with Crippen LogP contribution in [-0.2, 0) is 17.8 Å². The molecule has 0 atom stereocenters. The normalized spacial score (nSPS) is 12.0. The van der Waals surface area contributed by atoms with Crippen molar-refractivity contribution in [2.45, 2.75) is 13.0 Å². The maximum Gasteiger partial charge on any atom is 0.291 e. The van der Waals surface area contributed by atoms with Gasteiger partial charge < -0.3 is 35.3 Å². The van der Waals surface area contributed by atoms with E-state index in [1.807, 2.05) is 36.4 Å². The molecule has 4 N–H and O–H groups in total. The van der Waals surface area contributed by atoms with Crippen LogP contribution in [0, 0.1) is 0 Å². The molecular weight excluding hydrogens is 434 g/mol. The van der Waals surface area contributed by atoms with Gasteiger partial charge in [-0.05, 0) is 41.8 Å². The van der Waals surface area contributed by atoms with Crippen molar-refractivity contribution < 1.29 is 23.7 Å². The van der Waals surface area contributed by atoms with E-state index in [0.29, 0.717) is 47.3 Å². The van der Waals surface area contributed by atoms with Crippen LogP contribution < -0.4 is 35.3 Å². The summed E-state index contributed by atoms with van der Waals surface area (Å²) in [5.74, 6) is 2.27. The number of nitrogen functional groups attached to an aromatic ring is 1. The van der Waals surface area contributed by atoms with Crippen molar-refractivity contribution in [2.75, 3.05) is 37.7 Å². The zero-order chi connectivity index (χ0) is 24.1. The lowest BCUT2D eigenvalue weighted by atomic mass is 10.0. The van der Waals surface area contributed by atoms with Gasteiger partial charge >= 0.3 is 0 Å². The minimum Gasteiger partial charge on any atom is -0.493 e. The molecule has 1 amide bonds. The van der Waals surface area contributed by atoms with Gasteiger partial charge in [0.15, 0.2) is 17.3 Å². The van der Waals surface area contributed by atoms with Crippen molar-refractivity contribution in [2.24, 2.45) is 0 Å². The molecule has 1 aliphatic rings. The van der Waals surface area contributed by atoms with Crippen LogP contribution in [0.2, 0.25) is 0 Å². The Labute approximate surface area is 198 Å². The van der Waals surface area contributed by atoms with Crippen LogP contribution in [0.15, 0.2) is 66.4 Å². The van der Waals surface area contributed by atoms with E-state index in [9.17, 15) is 4.79 Å². The fourth-order valence-electron chi connectivity index (χ4n) is 3.69. The molecule has 0 radical (unpaired) electrons. The number of methoxy groups -OCH3 is 3. The highest BCUT2D eigenvalue weighted by atomic mass is 16.5. The molecule has 0 saturated heterocycles. The number of fused-ring (bicyclic) bond motifs is 1. The highest BCUT2D eigenvalue weighted by Gasteiger charge is 2.20. The number of hydrogen-bond acceptors (Lipinski definition) is 7. The molecule has 0 unspecified atom stereocenters. The van der Waals surface area contributed by atoms with Gasteiger partial charge in [-0.15, -0.1) is 0 Å². The predicted molar refractivity (Wildman–Crippen MR) is 132 cm³/mol. The van der Waals surface area contributed by atoms with Gasteiger partial charge in [-0.25, -0.2) is 0 Å². The van der Waals surface area contributed by atoms with Crippen LogP contribution in [0.3, 0.4) is 0 Å². The molecule has 1 aliphatic heterocycles. The molecular formula is C26H27N3O5. The standard InChI is InChI=1S/C26H27N3O5/c1-31-23-13-18(14-24(32-2)25(23)33-3)28-15-16-8-10-21-17(12-16)9-11-22(34-21)26(30)29-20-7-5-4-6-19(20)27/h4-8,10-14,28H,9,15,27H2,1-3H3,(H,29,30). The van der Waals surface area contributed by atoms with Gasteiger partial charge in [0.05, 0.1) is 32.7 Å². The average molecular weight is 462 g/mol. The van der Waals surface area contributed by atoms with Crippen LogP contribution in [0.5, 0.6) is 23.0 Å². The number of amides is 1. The number of benzene rings is 3. The second-order valence-corrected chi connectivity index (χ2v) is 7.63. The zero-order valence-electron chi connectivity index (χ0n) is 19.3. The third kappa shape index (κ3) is 4.85. The van der Waals surface area contributed by atoms with Crippen LogP contribution in [-0.4, -0.2) is 27.2 Å². The first-order chi connectivity index (χ1) is 16.5. The fourth-order valence-corrected chi connectivity index (χ4v) is 3.69. The van der Waals surface area contributed by atoms with E-state index in [-0.39, 0.29) is 11.7 Å². The van der Waals surface area contributed by atoms with E-state index in [4.69, 9.17) is 24.7 Å². The number of anilines is 3. The van der Waals surface area contributed by atoms with Gasteiger partial charge in [-0.3, -0.25) is 4.79 Å². The van der Waals surface area contributed by atoms with Crippen molar-refractivity contribution in [3.63, 3.8) is 0 Å². The predicted octanol–water partition coefficient (Wildman–Crippen LogP) is 4.36. The second kappa shape index (κ2) is 10.1. The summed E-state index contributed by atoms with van der Waals surface area (Å²) in [5, 5.41) is 6.17. The first-order valence-electron chi connectivity index (χ1n) is 10.7. The molecule has 0 aliphatic carbocycles. The quantitative estimate of drug-likeness (QED) is 0.428. The van der Waals surface area contributed by atoms with Gasteiger partial charge in [0.1, 0.15) is 5.75 Å². The Morgan fingerprint density at radius 3 is 2.41 bits per heavy atom. The summed E-state index contributed by atoms with van der Waals surface area (Å²) in [7, 11) is 4.74. The smallest absolute Gasteiger partial charge is 0.291 e. The molecule has 0 spiro atoms. The Balaban J connectivity index is 1.42. The molecule has 4 rings (SSSR count). The highest BCUT2D eigenvalue weighted by molar-refractivity contribution is 6.04. The minimum absolute atomic E-state index is 0.249. The lowest BCUT2D eigenvalue weighted by Gasteiger charge is -2.19. The number of rotatable bonds is 8. The molecule has 8 nitrogen and oxygen atoms in total. The van der Waals surface area contributed by atoms with E-state index >= 15 is 0 Å². The summed E-state index contributed by atoms with van der Waals surface area (Å²) >= 11 is 0. The Morgan fingerprint density at radius 2 is 1.74 bits per heavy atom. The van der Waals surface area contributed by atoms with E-state index < -0.39 is 0 Å². The Hall–Kier alpha value is -4.33. The summed E-state index contributed by atoms with van der Waals surface area (Å²) in [6.45, 7) is 0.580. The number of allylic oxidation sites excluding steroid dienone is 1. The molecule has 0 saturated carbocycles. The largest absolute Gasteiger partial charge is 0.493 e. The fraction of sp³-hybridized carbons (Fsp3) is 0.192. The van der Waals surface area contributed by atoms with Crippen LogP contribution in [0.25, 0.3) is 0 Å². The average Bonchev–Trinajstić information content (AvgIpc) is 2.87. The highest BCUT2D eigenvalue weighted by Crippen LogP contribution is 2.40. The topological polar surface area (TPSA) is 104 Å². The summed E-state index contributed by atoms with van der Waals surface area (Å²) in [6, 6.07) is 16.7. The second-order valence-electron chi connectivity index (χ2n) is 7.63. The maximum absolute atomic E-state index is 12.6. The monoisotopic (exact) mass is 461 g/mol. The van der Waals surface area contributed by atoms with Crippen molar-refractivity contribution in [1.82, 2.24) is 0 Å². The lowest BCUT2D eigenvalue weighted by Crippen LogP contribution is -2.21. The zero-order valence-corrected chi connectivity index (χ0v) is 19.3. The SMILES string of the molecule is COc1cc(NCc2ccc3c(c2)CC=C(C(=O)Nc2ccccc2N)O3)cc(OC)c1OC. The van der Waals surface area contributed by atoms with Gasteiger partial charge in [-0.1, -0.05) is 24.3 Å². The maximum atomic E-state index is 12.6. The Morgan fingerprint density at radius 1 is 1.00 bits per heavy atom. The van der Waals surface area contributed by atoms with Crippen LogP contribution >= 0.6 is 0 Å². The number of nitrogens with one attached hydrogen (secondary N) is 2. The molecule has 34 heavy (non-hydrogen) atoms. The Bertz CT molecular complexity index is 1210. The minimum atomic E-state index is -0.336. The van der Waals surface area contributed by atoms with Crippen molar-refractivity contribution in [3.8, 4) is 23.0 Å². The van der Waals surface area contributed by atoms with Gasteiger partial charge in [0, 0.05) is 24.4 Å². The number of nitrogens with two attached hydrogens (primary N) is 1. The Kier molecular flexibility index (Phi) is 6.77. The van der Waals surface area contributed by atoms with E-state index in [1.165, 1.54) is 0 Å². The van der Waals surface area contributed by atoms with Gasteiger partial charge in [-0.2, -0.15) is 0 Å². The summed E-state index contributed by atoms with van der Waals surface area (Å²) in [5.41, 5.74) is 9.86. The van der Waals surface area contributed by atoms with Gasteiger partial charge in [0.2, 0.25) is 5.75 Å². The molecule has 176 valence electrons. The molecule has 1 heterocycles. The molecule has 3 aromatic carbocycles. The van der Waals surface area contributed by atoms with Crippen molar-refractivity contribution >= 4 is 23.0 Å². The number of hydrogen-bond donors (Lipinski definition) is 3. The molecule has 8 heteroatoms. The van der Waals surface area contributed by atoms with Crippen LogP contribution in [0.4, 0.5) is 17.1 Å². The number of ether oxygens (including phenoxy) is 4. The van der Waals surface area contributed by atoms with E-state index in [1.54, 1.807) is 39.5 Å². The van der Waals surface area contributed by atoms with Crippen molar-refractivity contribution in [3.05, 3.63) is 77.6 Å². The third-order valence-electron chi connectivity index (χ3n) is 5.45. The number of carbonyl (C=O) groups excluding carboxylic acids is 1. The lowest BCUT2D eigenvalue weighted by molar-refractivity contribution is -0.114.